The average Bonchev–Trinajstić information content (AvgIpc) is 3.00. The normalized spacial score (nSPS) is 14.4. The molecule has 0 saturated carbocycles. The maximum absolute atomic E-state index is 12.6. The minimum absolute atomic E-state index is 0.195. The third-order valence-electron chi connectivity index (χ3n) is 4.65. The highest BCUT2D eigenvalue weighted by Crippen LogP contribution is 2.26. The first-order chi connectivity index (χ1) is 11.8. The van der Waals surface area contributed by atoms with Crippen molar-refractivity contribution < 1.29 is 13.2 Å². The quantitative estimate of drug-likeness (QED) is 0.878. The molecule has 0 bridgehead atoms. The van der Waals surface area contributed by atoms with E-state index in [1.54, 1.807) is 25.1 Å². The number of anilines is 1. The number of hydrogen-bond acceptors (Lipinski definition) is 3. The summed E-state index contributed by atoms with van der Waals surface area (Å²) in [6.45, 7) is 1.70. The van der Waals surface area contributed by atoms with Gasteiger partial charge in [0.25, 0.3) is 5.91 Å². The number of carbonyl (C=O) groups is 1. The lowest BCUT2D eigenvalue weighted by molar-refractivity contribution is 0.102. The van der Waals surface area contributed by atoms with Crippen molar-refractivity contribution in [3.05, 3.63) is 46.8 Å². The zero-order valence-corrected chi connectivity index (χ0v) is 15.5. The molecule has 0 atom stereocenters. The van der Waals surface area contributed by atoms with Crippen LogP contribution in [0.1, 0.15) is 40.2 Å². The van der Waals surface area contributed by atoms with E-state index in [1.807, 2.05) is 6.07 Å². The van der Waals surface area contributed by atoms with E-state index in [0.717, 1.165) is 31.4 Å². The molecule has 1 aromatic carbocycles. The SMILES string of the molecule is Cc1c(NC(=O)c2cc3c([nH]2)CCCC3)cccc1S(=O)(=O)N(C)C. The second-order valence-corrected chi connectivity index (χ2v) is 8.68. The molecule has 0 spiro atoms. The van der Waals surface area contributed by atoms with Crippen LogP contribution in [-0.4, -0.2) is 37.7 Å². The summed E-state index contributed by atoms with van der Waals surface area (Å²) in [5.41, 5.74) is 3.89. The molecular formula is C18H23N3O3S. The van der Waals surface area contributed by atoms with Gasteiger partial charge in [-0.1, -0.05) is 6.07 Å². The standard InChI is InChI=1S/C18H23N3O3S/c1-12-14(9-6-10-17(12)25(23,24)21(2)3)20-18(22)16-11-13-7-4-5-8-15(13)19-16/h6,9-11,19H,4-5,7-8H2,1-3H3,(H,20,22). The maximum atomic E-state index is 12.6. The summed E-state index contributed by atoms with van der Waals surface area (Å²) in [6.07, 6.45) is 4.25. The lowest BCUT2D eigenvalue weighted by Crippen LogP contribution is -2.23. The van der Waals surface area contributed by atoms with Gasteiger partial charge < -0.3 is 10.3 Å². The number of benzene rings is 1. The third kappa shape index (κ3) is 3.34. The number of aromatic amines is 1. The summed E-state index contributed by atoms with van der Waals surface area (Å²) in [5, 5.41) is 2.83. The molecule has 7 heteroatoms. The van der Waals surface area contributed by atoms with Crippen molar-refractivity contribution in [2.24, 2.45) is 0 Å². The van der Waals surface area contributed by atoms with Gasteiger partial charge in [-0.25, -0.2) is 12.7 Å². The number of rotatable bonds is 4. The van der Waals surface area contributed by atoms with E-state index < -0.39 is 10.0 Å². The Morgan fingerprint density at radius 2 is 1.92 bits per heavy atom. The minimum atomic E-state index is -3.56. The van der Waals surface area contributed by atoms with Gasteiger partial charge in [-0.2, -0.15) is 0 Å². The molecule has 3 rings (SSSR count). The average molecular weight is 361 g/mol. The molecule has 0 saturated heterocycles. The topological polar surface area (TPSA) is 82.3 Å². The van der Waals surface area contributed by atoms with E-state index in [-0.39, 0.29) is 10.8 Å². The van der Waals surface area contributed by atoms with Gasteiger partial charge in [-0.05, 0) is 61.9 Å². The number of nitrogens with zero attached hydrogens (tertiary/aromatic N) is 1. The Labute approximate surface area is 148 Å². The van der Waals surface area contributed by atoms with Crippen LogP contribution >= 0.6 is 0 Å². The van der Waals surface area contributed by atoms with E-state index in [2.05, 4.69) is 10.3 Å². The predicted octanol–water partition coefficient (Wildman–Crippen LogP) is 2.70. The van der Waals surface area contributed by atoms with Gasteiger partial charge in [0.05, 0.1) is 4.90 Å². The van der Waals surface area contributed by atoms with E-state index in [1.165, 1.54) is 24.0 Å². The molecule has 1 heterocycles. The Kier molecular flexibility index (Phi) is 4.71. The smallest absolute Gasteiger partial charge is 0.272 e. The number of nitrogens with one attached hydrogen (secondary N) is 2. The van der Waals surface area contributed by atoms with Crippen molar-refractivity contribution in [2.45, 2.75) is 37.5 Å². The van der Waals surface area contributed by atoms with Crippen LogP contribution < -0.4 is 5.32 Å². The number of carbonyl (C=O) groups excluding carboxylic acids is 1. The summed E-state index contributed by atoms with van der Waals surface area (Å²) in [5.74, 6) is -0.253. The van der Waals surface area contributed by atoms with Crippen molar-refractivity contribution in [3.63, 3.8) is 0 Å². The molecule has 25 heavy (non-hydrogen) atoms. The number of sulfonamides is 1. The van der Waals surface area contributed by atoms with Gasteiger partial charge in [0.2, 0.25) is 10.0 Å². The van der Waals surface area contributed by atoms with Gasteiger partial charge in [0.15, 0.2) is 0 Å². The fraction of sp³-hybridized carbons (Fsp3) is 0.389. The summed E-state index contributed by atoms with van der Waals surface area (Å²) < 4.78 is 26.0. The van der Waals surface area contributed by atoms with Crippen LogP contribution in [-0.2, 0) is 22.9 Å². The lowest BCUT2D eigenvalue weighted by Gasteiger charge is -2.16. The molecular weight excluding hydrogens is 338 g/mol. The molecule has 1 aliphatic carbocycles. The van der Waals surface area contributed by atoms with Gasteiger partial charge in [0, 0.05) is 25.5 Å². The number of H-pyrrole nitrogens is 1. The van der Waals surface area contributed by atoms with E-state index in [9.17, 15) is 13.2 Å². The number of fused-ring (bicyclic) bond motifs is 1. The van der Waals surface area contributed by atoms with Gasteiger partial charge in [-0.15, -0.1) is 0 Å². The fourth-order valence-electron chi connectivity index (χ4n) is 3.14. The van der Waals surface area contributed by atoms with Crippen LogP contribution in [0.25, 0.3) is 0 Å². The molecule has 0 radical (unpaired) electrons. The summed E-state index contributed by atoms with van der Waals surface area (Å²) in [6, 6.07) is 6.80. The Hall–Kier alpha value is -2.12. The van der Waals surface area contributed by atoms with Crippen LogP contribution in [0.15, 0.2) is 29.2 Å². The van der Waals surface area contributed by atoms with Crippen molar-refractivity contribution in [1.82, 2.24) is 9.29 Å². The van der Waals surface area contributed by atoms with E-state index in [0.29, 0.717) is 16.9 Å². The van der Waals surface area contributed by atoms with Crippen LogP contribution in [0.4, 0.5) is 5.69 Å². The van der Waals surface area contributed by atoms with Gasteiger partial charge in [0.1, 0.15) is 5.69 Å². The van der Waals surface area contributed by atoms with Crippen LogP contribution in [0.5, 0.6) is 0 Å². The summed E-state index contributed by atoms with van der Waals surface area (Å²) >= 11 is 0. The molecule has 6 nitrogen and oxygen atoms in total. The first-order valence-corrected chi connectivity index (χ1v) is 9.79. The van der Waals surface area contributed by atoms with Crippen molar-refractivity contribution >= 4 is 21.6 Å². The first kappa shape index (κ1) is 17.7. The van der Waals surface area contributed by atoms with E-state index in [4.69, 9.17) is 0 Å². The van der Waals surface area contributed by atoms with Gasteiger partial charge >= 0.3 is 0 Å². The molecule has 1 aromatic heterocycles. The number of aromatic nitrogens is 1. The highest BCUT2D eigenvalue weighted by molar-refractivity contribution is 7.89. The molecule has 2 aromatic rings. The molecule has 0 aliphatic heterocycles. The largest absolute Gasteiger partial charge is 0.354 e. The van der Waals surface area contributed by atoms with Crippen LogP contribution in [0, 0.1) is 6.92 Å². The van der Waals surface area contributed by atoms with Crippen LogP contribution in [0.3, 0.4) is 0 Å². The minimum Gasteiger partial charge on any atom is -0.354 e. The number of aryl methyl sites for hydroxylation is 2. The Morgan fingerprint density at radius 1 is 1.20 bits per heavy atom. The molecule has 1 aliphatic rings. The monoisotopic (exact) mass is 361 g/mol. The Balaban J connectivity index is 1.88. The zero-order chi connectivity index (χ0) is 18.2. The molecule has 1 amide bonds. The van der Waals surface area contributed by atoms with Crippen molar-refractivity contribution in [3.8, 4) is 0 Å². The number of amides is 1. The summed E-state index contributed by atoms with van der Waals surface area (Å²) in [4.78, 5) is 16.0. The predicted molar refractivity (Wildman–Crippen MR) is 97.4 cm³/mol. The second-order valence-electron chi connectivity index (χ2n) is 6.56. The first-order valence-electron chi connectivity index (χ1n) is 8.35. The lowest BCUT2D eigenvalue weighted by atomic mass is 9.98. The summed E-state index contributed by atoms with van der Waals surface area (Å²) in [7, 11) is -0.579. The van der Waals surface area contributed by atoms with Crippen molar-refractivity contribution in [1.29, 1.82) is 0 Å². The highest BCUT2D eigenvalue weighted by atomic mass is 32.2. The molecule has 0 unspecified atom stereocenters. The third-order valence-corrected chi connectivity index (χ3v) is 6.61. The Bertz CT molecular complexity index is 890. The molecule has 0 fully saturated rings. The molecule has 134 valence electrons. The maximum Gasteiger partial charge on any atom is 0.272 e. The molecule has 2 N–H and O–H groups in total. The van der Waals surface area contributed by atoms with Crippen LogP contribution in [0.2, 0.25) is 0 Å². The Morgan fingerprint density at radius 3 is 2.60 bits per heavy atom. The second kappa shape index (κ2) is 6.65. The zero-order valence-electron chi connectivity index (χ0n) is 14.7. The highest BCUT2D eigenvalue weighted by Gasteiger charge is 2.22. The van der Waals surface area contributed by atoms with Gasteiger partial charge in [-0.3, -0.25) is 4.79 Å². The number of hydrogen-bond donors (Lipinski definition) is 2. The fourth-order valence-corrected chi connectivity index (χ4v) is 4.28. The van der Waals surface area contributed by atoms with Crippen molar-refractivity contribution in [2.75, 3.05) is 19.4 Å². The van der Waals surface area contributed by atoms with E-state index >= 15 is 0 Å².